The van der Waals surface area contributed by atoms with E-state index in [1.165, 1.54) is 18.5 Å². The summed E-state index contributed by atoms with van der Waals surface area (Å²) in [6, 6.07) is 10.3. The molecular weight excluding hydrogens is 333 g/mol. The molecule has 1 N–H and O–H groups in total. The molecule has 134 valence electrons. The Bertz CT molecular complexity index is 909. The predicted octanol–water partition coefficient (Wildman–Crippen LogP) is 4.04. The molecule has 1 fully saturated rings. The first-order valence-electron chi connectivity index (χ1n) is 8.69. The largest absolute Gasteiger partial charge is 0.494 e. The van der Waals surface area contributed by atoms with Crippen molar-refractivity contribution in [3.8, 4) is 16.9 Å². The summed E-state index contributed by atoms with van der Waals surface area (Å²) in [5.41, 5.74) is 2.56. The van der Waals surface area contributed by atoms with Gasteiger partial charge in [0.25, 0.3) is 0 Å². The molecule has 0 spiro atoms. The van der Waals surface area contributed by atoms with E-state index in [4.69, 9.17) is 9.47 Å². The molecule has 0 unspecified atom stereocenters. The minimum atomic E-state index is -0.260. The number of anilines is 1. The monoisotopic (exact) mass is 353 g/mol. The first-order chi connectivity index (χ1) is 12.7. The van der Waals surface area contributed by atoms with E-state index >= 15 is 0 Å². The molecule has 5 nitrogen and oxygen atoms in total. The third-order valence-corrected chi connectivity index (χ3v) is 4.62. The van der Waals surface area contributed by atoms with E-state index in [1.807, 2.05) is 12.1 Å². The predicted molar refractivity (Wildman–Crippen MR) is 98.9 cm³/mol. The lowest BCUT2D eigenvalue weighted by atomic mass is 10.0. The highest BCUT2D eigenvalue weighted by molar-refractivity contribution is 5.96. The van der Waals surface area contributed by atoms with Gasteiger partial charge in [-0.2, -0.15) is 0 Å². The topological polar surface area (TPSA) is 56.3 Å². The van der Waals surface area contributed by atoms with E-state index in [0.29, 0.717) is 12.3 Å². The minimum Gasteiger partial charge on any atom is -0.494 e. The van der Waals surface area contributed by atoms with E-state index in [2.05, 4.69) is 15.3 Å². The maximum Gasteiger partial charge on any atom is 0.145 e. The van der Waals surface area contributed by atoms with E-state index in [1.54, 1.807) is 19.2 Å². The lowest BCUT2D eigenvalue weighted by molar-refractivity contribution is 0.120. The molecule has 1 aromatic heterocycles. The zero-order valence-corrected chi connectivity index (χ0v) is 14.5. The number of hydrogen-bond donors (Lipinski definition) is 1. The van der Waals surface area contributed by atoms with Crippen LogP contribution in [0.2, 0.25) is 0 Å². The number of rotatable bonds is 5. The van der Waals surface area contributed by atoms with Crippen molar-refractivity contribution in [2.45, 2.75) is 18.9 Å². The Morgan fingerprint density at radius 2 is 2.04 bits per heavy atom. The summed E-state index contributed by atoms with van der Waals surface area (Å²) in [6.07, 6.45) is 3.89. The van der Waals surface area contributed by atoms with Crippen LogP contribution < -0.4 is 10.1 Å². The molecule has 1 aliphatic rings. The summed E-state index contributed by atoms with van der Waals surface area (Å²) in [6.45, 7) is 1.52. The van der Waals surface area contributed by atoms with Crippen LogP contribution in [0.1, 0.15) is 12.8 Å². The van der Waals surface area contributed by atoms with Crippen LogP contribution in [-0.2, 0) is 4.74 Å². The molecule has 0 radical (unpaired) electrons. The van der Waals surface area contributed by atoms with Crippen molar-refractivity contribution >= 4 is 16.7 Å². The fraction of sp³-hybridized carbons (Fsp3) is 0.300. The number of nitrogens with zero attached hydrogens (tertiary/aromatic N) is 2. The number of ether oxygens (including phenoxy) is 2. The van der Waals surface area contributed by atoms with Gasteiger partial charge in [-0.25, -0.2) is 14.4 Å². The minimum absolute atomic E-state index is 0.210. The van der Waals surface area contributed by atoms with Gasteiger partial charge in [0.2, 0.25) is 0 Å². The quantitative estimate of drug-likeness (QED) is 0.750. The summed E-state index contributed by atoms with van der Waals surface area (Å²) in [5, 5.41) is 4.24. The highest BCUT2D eigenvalue weighted by atomic mass is 19.1. The summed E-state index contributed by atoms with van der Waals surface area (Å²) in [7, 11) is 1.62. The Labute approximate surface area is 151 Å². The Kier molecular flexibility index (Phi) is 4.67. The average molecular weight is 353 g/mol. The molecule has 1 atom stereocenters. The van der Waals surface area contributed by atoms with Gasteiger partial charge in [0.1, 0.15) is 29.2 Å². The fourth-order valence-corrected chi connectivity index (χ4v) is 3.26. The van der Waals surface area contributed by atoms with Crippen molar-refractivity contribution < 1.29 is 13.9 Å². The zero-order chi connectivity index (χ0) is 17.9. The summed E-state index contributed by atoms with van der Waals surface area (Å²) in [4.78, 5) is 8.77. The van der Waals surface area contributed by atoms with Crippen molar-refractivity contribution in [2.24, 2.45) is 0 Å². The third-order valence-electron chi connectivity index (χ3n) is 4.62. The van der Waals surface area contributed by atoms with Gasteiger partial charge in [-0.3, -0.25) is 0 Å². The maximum absolute atomic E-state index is 13.2. The number of methoxy groups -OCH3 is 1. The van der Waals surface area contributed by atoms with Crippen molar-refractivity contribution in [1.82, 2.24) is 9.97 Å². The first kappa shape index (κ1) is 16.7. The third kappa shape index (κ3) is 3.32. The van der Waals surface area contributed by atoms with Crippen LogP contribution in [0, 0.1) is 5.82 Å². The smallest absolute Gasteiger partial charge is 0.145 e. The van der Waals surface area contributed by atoms with Crippen LogP contribution in [0.4, 0.5) is 10.2 Å². The summed E-state index contributed by atoms with van der Waals surface area (Å²) >= 11 is 0. The van der Waals surface area contributed by atoms with Gasteiger partial charge in [-0.1, -0.05) is 12.1 Å². The van der Waals surface area contributed by atoms with Crippen molar-refractivity contribution in [3.05, 3.63) is 48.5 Å². The molecule has 0 bridgehead atoms. The zero-order valence-electron chi connectivity index (χ0n) is 14.5. The molecule has 3 aromatic rings. The van der Waals surface area contributed by atoms with Crippen LogP contribution in [-0.4, -0.2) is 36.3 Å². The van der Waals surface area contributed by atoms with E-state index in [9.17, 15) is 4.39 Å². The van der Waals surface area contributed by atoms with Gasteiger partial charge < -0.3 is 14.8 Å². The second-order valence-electron chi connectivity index (χ2n) is 6.32. The highest BCUT2D eigenvalue weighted by Gasteiger charge is 2.17. The second kappa shape index (κ2) is 7.25. The summed E-state index contributed by atoms with van der Waals surface area (Å²) < 4.78 is 24.4. The van der Waals surface area contributed by atoms with Crippen LogP contribution in [0.3, 0.4) is 0 Å². The average Bonchev–Trinajstić information content (AvgIpc) is 3.19. The maximum atomic E-state index is 13.2. The number of benzene rings is 2. The lowest BCUT2D eigenvalue weighted by Crippen LogP contribution is -2.19. The number of aromatic nitrogens is 2. The number of hydrogen-bond acceptors (Lipinski definition) is 5. The van der Waals surface area contributed by atoms with Gasteiger partial charge in [0, 0.05) is 18.5 Å². The molecule has 0 saturated carbocycles. The van der Waals surface area contributed by atoms with Gasteiger partial charge in [-0.15, -0.1) is 0 Å². The van der Waals surface area contributed by atoms with Crippen molar-refractivity contribution in [3.63, 3.8) is 0 Å². The Morgan fingerprint density at radius 1 is 1.19 bits per heavy atom. The van der Waals surface area contributed by atoms with Gasteiger partial charge in [0.15, 0.2) is 0 Å². The standard InChI is InChI=1S/C20H20FN3O2/c1-25-18-10-14(13-4-6-15(21)7-5-13)9-17-19(18)23-12-24-20(17)22-11-16-3-2-8-26-16/h4-7,9-10,12,16H,2-3,8,11H2,1H3,(H,22,23,24)/t16-/m1/s1. The molecule has 0 aliphatic carbocycles. The molecular formula is C20H20FN3O2. The number of nitrogens with one attached hydrogen (secondary N) is 1. The summed E-state index contributed by atoms with van der Waals surface area (Å²) in [5.74, 6) is 1.14. The van der Waals surface area contributed by atoms with E-state index in [0.717, 1.165) is 47.3 Å². The highest BCUT2D eigenvalue weighted by Crippen LogP contribution is 2.34. The second-order valence-corrected chi connectivity index (χ2v) is 6.32. The van der Waals surface area contributed by atoms with E-state index < -0.39 is 0 Å². The lowest BCUT2D eigenvalue weighted by Gasteiger charge is -2.15. The Hall–Kier alpha value is -2.73. The molecule has 26 heavy (non-hydrogen) atoms. The SMILES string of the molecule is COc1cc(-c2ccc(F)cc2)cc2c(NC[C@H]3CCCO3)ncnc12. The molecule has 1 aliphatic heterocycles. The van der Waals surface area contributed by atoms with E-state index in [-0.39, 0.29) is 11.9 Å². The van der Waals surface area contributed by atoms with Crippen LogP contribution >= 0.6 is 0 Å². The van der Waals surface area contributed by atoms with Crippen molar-refractivity contribution in [1.29, 1.82) is 0 Å². The molecule has 2 aromatic carbocycles. The number of fused-ring (bicyclic) bond motifs is 1. The fourth-order valence-electron chi connectivity index (χ4n) is 3.26. The molecule has 4 rings (SSSR count). The molecule has 1 saturated heterocycles. The Balaban J connectivity index is 1.74. The normalized spacial score (nSPS) is 16.8. The Morgan fingerprint density at radius 3 is 2.77 bits per heavy atom. The van der Waals surface area contributed by atoms with Gasteiger partial charge in [-0.05, 0) is 48.2 Å². The van der Waals surface area contributed by atoms with Crippen LogP contribution in [0.15, 0.2) is 42.7 Å². The van der Waals surface area contributed by atoms with Crippen LogP contribution in [0.5, 0.6) is 5.75 Å². The number of halogens is 1. The molecule has 0 amide bonds. The molecule has 2 heterocycles. The van der Waals surface area contributed by atoms with Crippen molar-refractivity contribution in [2.75, 3.05) is 25.6 Å². The van der Waals surface area contributed by atoms with Gasteiger partial charge >= 0.3 is 0 Å². The van der Waals surface area contributed by atoms with Gasteiger partial charge in [0.05, 0.1) is 13.2 Å². The molecule has 6 heteroatoms. The first-order valence-corrected chi connectivity index (χ1v) is 8.69. The van der Waals surface area contributed by atoms with Crippen LogP contribution in [0.25, 0.3) is 22.0 Å².